The van der Waals surface area contributed by atoms with Gasteiger partial charge in [-0.15, -0.1) is 0 Å². The lowest BCUT2D eigenvalue weighted by Gasteiger charge is -2.45. The van der Waals surface area contributed by atoms with Gasteiger partial charge in [-0.3, -0.25) is 0 Å². The van der Waals surface area contributed by atoms with Gasteiger partial charge in [0.25, 0.3) is 0 Å². The van der Waals surface area contributed by atoms with Crippen molar-refractivity contribution in [2.24, 2.45) is 0 Å². The zero-order chi connectivity index (χ0) is 25.6. The average Bonchev–Trinajstić information content (AvgIpc) is 2.87. The Hall–Kier alpha value is -0.0800. The largest absolute Gasteiger partial charge is 0.387 e. The standard InChI is InChI=1S/C34H66O2/c35-33(34(36)31-27-23-19-15-11-8-12-16-20-24-28-32-34)29-25-21-17-13-9-6-4-2-1-3-5-7-10-14-18-22-26-30-33/h35-36H,1-32H2. The van der Waals surface area contributed by atoms with E-state index in [9.17, 15) is 10.2 Å². The highest BCUT2D eigenvalue weighted by atomic mass is 16.4. The fraction of sp³-hybridized carbons (Fsp3) is 1.00. The van der Waals surface area contributed by atoms with E-state index in [-0.39, 0.29) is 0 Å². The topological polar surface area (TPSA) is 40.5 Å². The van der Waals surface area contributed by atoms with Gasteiger partial charge in [0.1, 0.15) is 0 Å². The summed E-state index contributed by atoms with van der Waals surface area (Å²) in [7, 11) is 0. The molecule has 2 aliphatic rings. The van der Waals surface area contributed by atoms with Gasteiger partial charge in [-0.25, -0.2) is 0 Å². The predicted molar refractivity (Wildman–Crippen MR) is 158 cm³/mol. The molecule has 0 unspecified atom stereocenters. The highest BCUT2D eigenvalue weighted by Crippen LogP contribution is 2.41. The molecular formula is C34H66O2. The Morgan fingerprint density at radius 2 is 0.306 bits per heavy atom. The second-order valence-electron chi connectivity index (χ2n) is 13.0. The first-order valence-electron chi connectivity index (χ1n) is 17.1. The fourth-order valence-corrected chi connectivity index (χ4v) is 7.09. The second kappa shape index (κ2) is 20.8. The molecule has 0 saturated heterocycles. The normalized spacial score (nSPS) is 26.8. The third-order valence-corrected chi connectivity index (χ3v) is 9.73. The van der Waals surface area contributed by atoms with Crippen molar-refractivity contribution >= 4 is 0 Å². The van der Waals surface area contributed by atoms with Crippen molar-refractivity contribution in [1.82, 2.24) is 0 Å². The van der Waals surface area contributed by atoms with Crippen molar-refractivity contribution < 1.29 is 10.2 Å². The minimum absolute atomic E-state index is 0.809. The molecule has 36 heavy (non-hydrogen) atoms. The Labute approximate surface area is 226 Å². The van der Waals surface area contributed by atoms with Gasteiger partial charge in [0.15, 0.2) is 0 Å². The van der Waals surface area contributed by atoms with Gasteiger partial charge in [0.2, 0.25) is 0 Å². The molecule has 0 radical (unpaired) electrons. The lowest BCUT2D eigenvalue weighted by molar-refractivity contribution is -0.171. The molecule has 0 amide bonds. The van der Waals surface area contributed by atoms with Crippen LogP contribution in [-0.2, 0) is 0 Å². The Kier molecular flexibility index (Phi) is 18.6. The molecule has 0 aliphatic heterocycles. The molecule has 0 heterocycles. The van der Waals surface area contributed by atoms with Crippen LogP contribution in [0, 0.1) is 0 Å². The molecule has 0 aromatic rings. The van der Waals surface area contributed by atoms with Crippen molar-refractivity contribution in [1.29, 1.82) is 0 Å². The van der Waals surface area contributed by atoms with E-state index < -0.39 is 11.2 Å². The first-order chi connectivity index (χ1) is 17.7. The monoisotopic (exact) mass is 507 g/mol. The van der Waals surface area contributed by atoms with Crippen LogP contribution in [0.1, 0.15) is 205 Å². The van der Waals surface area contributed by atoms with E-state index in [1.807, 2.05) is 0 Å². The molecule has 2 N–H and O–H groups in total. The maximum absolute atomic E-state index is 12.2. The molecule has 0 bridgehead atoms. The Morgan fingerprint density at radius 3 is 0.444 bits per heavy atom. The van der Waals surface area contributed by atoms with Crippen molar-refractivity contribution in [2.45, 2.75) is 217 Å². The van der Waals surface area contributed by atoms with E-state index in [0.29, 0.717) is 0 Å². The van der Waals surface area contributed by atoms with Gasteiger partial charge in [-0.1, -0.05) is 180 Å². The van der Waals surface area contributed by atoms with Crippen LogP contribution in [-0.4, -0.2) is 21.4 Å². The SMILES string of the molecule is OC1(C2(O)CCCCCCCCCCCCC2)CCCCCCCCCCCCCCCCCCC1. The average molecular weight is 507 g/mol. The minimum Gasteiger partial charge on any atom is -0.387 e. The third-order valence-electron chi connectivity index (χ3n) is 9.73. The predicted octanol–water partition coefficient (Wildman–Crippen LogP) is 11.0. The first-order valence-corrected chi connectivity index (χ1v) is 17.1. The third kappa shape index (κ3) is 14.2. The molecule has 2 nitrogen and oxygen atoms in total. The van der Waals surface area contributed by atoms with Crippen LogP contribution in [0.15, 0.2) is 0 Å². The van der Waals surface area contributed by atoms with E-state index in [4.69, 9.17) is 0 Å². The summed E-state index contributed by atoms with van der Waals surface area (Å²) in [6.07, 6.45) is 40.0. The number of hydrogen-bond acceptors (Lipinski definition) is 2. The summed E-state index contributed by atoms with van der Waals surface area (Å²) in [5.74, 6) is 0. The minimum atomic E-state index is -0.884. The molecule has 0 spiro atoms. The smallest absolute Gasteiger partial charge is 0.0933 e. The van der Waals surface area contributed by atoms with Gasteiger partial charge < -0.3 is 10.2 Å². The maximum atomic E-state index is 12.2. The zero-order valence-corrected chi connectivity index (χ0v) is 24.5. The van der Waals surface area contributed by atoms with E-state index >= 15 is 0 Å². The molecule has 0 aromatic heterocycles. The van der Waals surface area contributed by atoms with E-state index in [1.54, 1.807) is 0 Å². The molecule has 2 saturated carbocycles. The molecule has 2 aliphatic carbocycles. The van der Waals surface area contributed by atoms with Crippen molar-refractivity contribution in [3.05, 3.63) is 0 Å². The van der Waals surface area contributed by atoms with Crippen LogP contribution in [0.2, 0.25) is 0 Å². The summed E-state index contributed by atoms with van der Waals surface area (Å²) < 4.78 is 0. The van der Waals surface area contributed by atoms with Crippen LogP contribution in [0.5, 0.6) is 0 Å². The number of aliphatic hydroxyl groups is 2. The second-order valence-corrected chi connectivity index (χ2v) is 13.0. The quantitative estimate of drug-likeness (QED) is 0.371. The van der Waals surface area contributed by atoms with Gasteiger partial charge in [-0.05, 0) is 25.7 Å². The molecule has 2 heteroatoms. The maximum Gasteiger partial charge on any atom is 0.0933 e. The van der Waals surface area contributed by atoms with Crippen LogP contribution in [0.3, 0.4) is 0 Å². The van der Waals surface area contributed by atoms with Crippen molar-refractivity contribution in [3.63, 3.8) is 0 Å². The summed E-state index contributed by atoms with van der Waals surface area (Å²) in [6, 6.07) is 0. The van der Waals surface area contributed by atoms with Crippen molar-refractivity contribution in [2.75, 3.05) is 0 Å². The molecule has 0 atom stereocenters. The summed E-state index contributed by atoms with van der Waals surface area (Å²) in [6.45, 7) is 0. The molecular weight excluding hydrogens is 440 g/mol. The summed E-state index contributed by atoms with van der Waals surface area (Å²) in [5.41, 5.74) is -1.76. The Morgan fingerprint density at radius 1 is 0.194 bits per heavy atom. The van der Waals surface area contributed by atoms with Crippen LogP contribution in [0.25, 0.3) is 0 Å². The highest BCUT2D eigenvalue weighted by molar-refractivity contribution is 4.99. The Balaban J connectivity index is 1.96. The Bertz CT molecular complexity index is 454. The van der Waals surface area contributed by atoms with Gasteiger partial charge in [0.05, 0.1) is 11.2 Å². The van der Waals surface area contributed by atoms with Crippen LogP contribution in [0.4, 0.5) is 0 Å². The van der Waals surface area contributed by atoms with E-state index in [1.165, 1.54) is 154 Å². The van der Waals surface area contributed by atoms with Crippen molar-refractivity contribution in [3.8, 4) is 0 Å². The molecule has 2 fully saturated rings. The van der Waals surface area contributed by atoms with Gasteiger partial charge in [0, 0.05) is 0 Å². The van der Waals surface area contributed by atoms with Crippen LogP contribution >= 0.6 is 0 Å². The zero-order valence-electron chi connectivity index (χ0n) is 24.5. The molecule has 2 rings (SSSR count). The van der Waals surface area contributed by atoms with Crippen LogP contribution < -0.4 is 0 Å². The van der Waals surface area contributed by atoms with Gasteiger partial charge in [-0.2, -0.15) is 0 Å². The number of hydrogen-bond donors (Lipinski definition) is 2. The van der Waals surface area contributed by atoms with E-state index in [0.717, 1.165) is 51.4 Å². The summed E-state index contributed by atoms with van der Waals surface area (Å²) in [5, 5.41) is 24.3. The summed E-state index contributed by atoms with van der Waals surface area (Å²) in [4.78, 5) is 0. The first kappa shape index (κ1) is 32.1. The van der Waals surface area contributed by atoms with E-state index in [2.05, 4.69) is 0 Å². The lowest BCUT2D eigenvalue weighted by Crippen LogP contribution is -2.54. The van der Waals surface area contributed by atoms with Gasteiger partial charge >= 0.3 is 0 Å². The number of rotatable bonds is 1. The molecule has 214 valence electrons. The lowest BCUT2D eigenvalue weighted by atomic mass is 9.70. The highest BCUT2D eigenvalue weighted by Gasteiger charge is 2.47. The summed E-state index contributed by atoms with van der Waals surface area (Å²) >= 11 is 0. The fourth-order valence-electron chi connectivity index (χ4n) is 7.09. The molecule has 0 aromatic carbocycles.